The predicted octanol–water partition coefficient (Wildman–Crippen LogP) is 16.6. The number of halogens is 1. The molecule has 6 aromatic carbocycles. The number of benzene rings is 6. The summed E-state index contributed by atoms with van der Waals surface area (Å²) in [6.07, 6.45) is 0.809. The minimum Gasteiger partial charge on any atom is -0.571 e. The molecule has 0 spiro atoms. The van der Waals surface area contributed by atoms with Crippen molar-refractivity contribution in [1.29, 1.82) is 5.26 Å². The molecule has 116 heavy (non-hydrogen) atoms. The van der Waals surface area contributed by atoms with Crippen molar-refractivity contribution in [3.05, 3.63) is 228 Å². The van der Waals surface area contributed by atoms with Gasteiger partial charge in [0.15, 0.2) is 17.3 Å². The zero-order valence-corrected chi connectivity index (χ0v) is 78.4. The number of ether oxygens (including phenoxy) is 3. The Bertz CT molecular complexity index is 5110. The van der Waals surface area contributed by atoms with E-state index < -0.39 is 29.1 Å². The molecule has 0 amide bonds. The molecule has 12 rings (SSSR count). The minimum absolute atomic E-state index is 0. The second-order valence-corrected chi connectivity index (χ2v) is 40.7. The number of thiophene rings is 3. The van der Waals surface area contributed by atoms with Crippen LogP contribution in [0, 0.1) is 73.6 Å². The SMILES string of the molecule is CC#N.CC(C)(C)c1ccc(S(=O)(=O)Cl)cc1.Cc1cc(C)c(N2CCOCC2)c(C)c1CC(=O)c1sccc1N.Cc1cc(C)c(N2CCOCC2)c(C)c1CC(=O)c1sccc1NS(=O)(=O)c1ccc(C(C)(C)C)cc1.Cc1cc(C)c(N2CCOCC2)c(C)c1CC(=O)c1sccc1[N-]S(=O)(=O)c1ccc(C(C)(C)C)cc1.[Na+]. The first-order valence-corrected chi connectivity index (χ1v) is 46.2. The fourth-order valence-corrected chi connectivity index (χ4v) is 19.8. The smallest absolute Gasteiger partial charge is 0.571 e. The third kappa shape index (κ3) is 24.9. The Balaban J connectivity index is 0.000000221. The van der Waals surface area contributed by atoms with E-state index in [1.807, 2.05) is 43.5 Å². The third-order valence-electron chi connectivity index (χ3n) is 20.5. The maximum atomic E-state index is 13.5. The third-order valence-corrected chi connectivity index (χ3v) is 27.5. The Morgan fingerprint density at radius 2 is 0.767 bits per heavy atom. The van der Waals surface area contributed by atoms with Crippen LogP contribution in [0.25, 0.3) is 4.72 Å². The van der Waals surface area contributed by atoms with E-state index in [0.717, 1.165) is 114 Å². The molecular weight excluding hydrogens is 1610 g/mol. The molecule has 9 aromatic rings. The number of anilines is 5. The number of morpholine rings is 3. The maximum Gasteiger partial charge on any atom is 1.00 e. The molecule has 0 bridgehead atoms. The van der Waals surface area contributed by atoms with Gasteiger partial charge in [0.25, 0.3) is 19.1 Å². The number of nitriles is 1. The number of hydrogen-bond acceptors (Lipinski definition) is 20. The van der Waals surface area contributed by atoms with Gasteiger partial charge in [-0.25, -0.2) is 25.3 Å². The molecule has 0 radical (unpaired) electrons. The van der Waals surface area contributed by atoms with E-state index in [-0.39, 0.29) is 96.4 Å². The normalized spacial score (nSPS) is 14.0. The summed E-state index contributed by atoms with van der Waals surface area (Å²) in [5.41, 5.74) is 27.1. The van der Waals surface area contributed by atoms with Gasteiger partial charge in [-0.05, 0) is 227 Å². The predicted molar refractivity (Wildman–Crippen MR) is 473 cm³/mol. The average Bonchev–Trinajstić information content (AvgIpc) is 1.18. The number of Topliss-reactive ketones (excluding diaryl/α,β-unsaturated/α-hetero) is 3. The van der Waals surface area contributed by atoms with Crippen molar-refractivity contribution < 1.29 is 83.4 Å². The van der Waals surface area contributed by atoms with Crippen molar-refractivity contribution in [1.82, 2.24) is 0 Å². The van der Waals surface area contributed by atoms with Crippen molar-refractivity contribution >= 4 is 125 Å². The molecule has 3 aliphatic heterocycles. The summed E-state index contributed by atoms with van der Waals surface area (Å²) >= 11 is 3.92. The Morgan fingerprint density at radius 3 is 1.10 bits per heavy atom. The molecule has 0 unspecified atom stereocenters. The van der Waals surface area contributed by atoms with Gasteiger partial charge in [-0.2, -0.15) is 5.26 Å². The van der Waals surface area contributed by atoms with E-state index in [2.05, 4.69) is 153 Å². The van der Waals surface area contributed by atoms with E-state index in [1.54, 1.807) is 71.4 Å². The largest absolute Gasteiger partial charge is 1.00 e. The van der Waals surface area contributed by atoms with Gasteiger partial charge in [-0.1, -0.05) is 123 Å². The molecule has 618 valence electrons. The summed E-state index contributed by atoms with van der Waals surface area (Å²) in [6.45, 7) is 48.2. The van der Waals surface area contributed by atoms with Crippen molar-refractivity contribution in [2.24, 2.45) is 0 Å². The molecule has 6 heterocycles. The van der Waals surface area contributed by atoms with Crippen molar-refractivity contribution in [2.75, 3.05) is 104 Å². The number of rotatable bonds is 19. The standard InChI is InChI=1S/2C29H36N2O4S2.C19H24N2O2S.C10H13ClO2S.C2H3N.Na/c2*1-19-17-20(2)27(31-12-14-35-15-13-31)21(3)24(19)18-26(32)28-25(11-16-36-28)30-37(33,34)23-9-7-22(8-10-23)29(4,5)6;1-12-10-13(2)18(21-5-7-23-8-6-21)14(3)15(12)11-17(22)19-16(20)4-9-24-19;1-10(2,3)8-4-6-9(7-5-8)14(11,12)13;1-2-3;/h7-11,16-17H,12-15,18H2,1-6H3,(H,30,32);7-11,16-17,30H,12-15,18H2,1-6H3;4,9-10H,5-8,11,20H2,1-3H3;4-7H,1-3H3;1H3;/q;;;;;+1/p-1. The first kappa shape index (κ1) is 95.9. The fourth-order valence-electron chi connectivity index (χ4n) is 14.5. The molecule has 0 saturated carbocycles. The number of nitrogens with zero attached hydrogens (tertiary/aromatic N) is 5. The second kappa shape index (κ2) is 41.1. The van der Waals surface area contributed by atoms with Crippen LogP contribution in [-0.2, 0) is 78.8 Å². The second-order valence-electron chi connectivity index (χ2n) is 32.1. The first-order valence-electron chi connectivity index (χ1n) is 38.3. The van der Waals surface area contributed by atoms with Crippen molar-refractivity contribution in [2.45, 2.75) is 182 Å². The van der Waals surface area contributed by atoms with E-state index >= 15 is 0 Å². The zero-order chi connectivity index (χ0) is 84.9. The van der Waals surface area contributed by atoms with Gasteiger partial charge in [0.05, 0.1) is 86.4 Å². The van der Waals surface area contributed by atoms with Gasteiger partial charge >= 0.3 is 29.6 Å². The summed E-state index contributed by atoms with van der Waals surface area (Å²) in [7, 11) is -6.18. The van der Waals surface area contributed by atoms with Crippen molar-refractivity contribution in [3.63, 3.8) is 0 Å². The monoisotopic (exact) mass is 1720 g/mol. The van der Waals surface area contributed by atoms with Crippen LogP contribution in [0.15, 0.2) is 140 Å². The number of sulfonamides is 2. The minimum atomic E-state index is -3.96. The zero-order valence-electron chi connectivity index (χ0n) is 70.8. The van der Waals surface area contributed by atoms with Gasteiger partial charge in [0.1, 0.15) is 10.0 Å². The molecule has 0 atom stereocenters. The van der Waals surface area contributed by atoms with Crippen LogP contribution in [0.2, 0.25) is 0 Å². The quantitative estimate of drug-likeness (QED) is 0.0433. The van der Waals surface area contributed by atoms with E-state index in [4.69, 9.17) is 35.9 Å². The number of hydrogen-bond donors (Lipinski definition) is 2. The number of nitrogens with two attached hydrogens (primary N) is 1. The molecule has 3 aliphatic rings. The van der Waals surface area contributed by atoms with Gasteiger partial charge in [0, 0.05) is 93.2 Å². The van der Waals surface area contributed by atoms with E-state index in [1.165, 1.54) is 92.3 Å². The average molecular weight is 1720 g/mol. The summed E-state index contributed by atoms with van der Waals surface area (Å²) in [5, 5.41) is 12.7. The summed E-state index contributed by atoms with van der Waals surface area (Å²) in [4.78, 5) is 48.5. The van der Waals surface area contributed by atoms with Gasteiger partial charge in [-0.3, -0.25) is 19.1 Å². The molecular formula is C89H111ClN7NaO12S6. The molecule has 19 nitrogen and oxygen atoms in total. The molecule has 3 fully saturated rings. The maximum absolute atomic E-state index is 13.5. The van der Waals surface area contributed by atoms with E-state index in [0.29, 0.717) is 58.9 Å². The van der Waals surface area contributed by atoms with Crippen LogP contribution in [0.4, 0.5) is 34.1 Å². The topological polar surface area (TPSA) is 267 Å². The van der Waals surface area contributed by atoms with Crippen LogP contribution >= 0.6 is 44.7 Å². The molecule has 3 saturated heterocycles. The van der Waals surface area contributed by atoms with Gasteiger partial charge in [0.2, 0.25) is 0 Å². The number of aryl methyl sites for hydroxylation is 6. The first-order chi connectivity index (χ1) is 53.9. The molecule has 27 heteroatoms. The van der Waals surface area contributed by atoms with Crippen molar-refractivity contribution in [3.8, 4) is 6.07 Å². The Labute approximate surface area is 727 Å². The van der Waals surface area contributed by atoms with E-state index in [9.17, 15) is 39.6 Å². The number of nitrogens with one attached hydrogen (secondary N) is 1. The Hall–Kier alpha value is -7.26. The molecule has 0 aliphatic carbocycles. The van der Waals surface area contributed by atoms with Crippen LogP contribution in [0.1, 0.15) is 182 Å². The van der Waals surface area contributed by atoms with Crippen LogP contribution < -0.4 is 54.7 Å². The fraction of sp³-hybridized carbons (Fsp3) is 0.416. The summed E-state index contributed by atoms with van der Waals surface area (Å²) in [6, 6.07) is 33.6. The number of carbonyl (C=O) groups excluding carboxylic acids is 3. The summed E-state index contributed by atoms with van der Waals surface area (Å²) in [5.74, 6) is -0.126. The van der Waals surface area contributed by atoms with Crippen LogP contribution in [-0.4, -0.2) is 122 Å². The van der Waals surface area contributed by atoms with Crippen LogP contribution in [0.5, 0.6) is 0 Å². The summed E-state index contributed by atoms with van der Waals surface area (Å²) < 4.78 is 97.5. The molecule has 3 N–H and O–H groups in total. The van der Waals surface area contributed by atoms with Gasteiger partial charge in [-0.15, -0.1) is 39.7 Å². The van der Waals surface area contributed by atoms with Gasteiger partial charge < -0.3 is 39.4 Å². The van der Waals surface area contributed by atoms with Crippen LogP contribution in [0.3, 0.4) is 0 Å². The number of ketones is 3. The Kier molecular flexibility index (Phi) is 34.0. The Morgan fingerprint density at radius 1 is 0.466 bits per heavy atom. The number of nitrogen functional groups attached to an aromatic ring is 1. The molecule has 3 aromatic heterocycles. The number of carbonyl (C=O) groups is 3.